The summed E-state index contributed by atoms with van der Waals surface area (Å²) in [5.74, 6) is 1.08. The number of hydrogen-bond donors (Lipinski definition) is 1. The molecule has 2 aromatic heterocycles. The molecule has 3 rings (SSSR count). The molecule has 0 aliphatic rings. The van der Waals surface area contributed by atoms with Crippen molar-refractivity contribution in [1.82, 2.24) is 9.55 Å². The van der Waals surface area contributed by atoms with Crippen molar-refractivity contribution in [2.45, 2.75) is 13.8 Å². The molecule has 0 bridgehead atoms. The van der Waals surface area contributed by atoms with Gasteiger partial charge in [0.2, 0.25) is 5.95 Å². The molecule has 2 heterocycles. The summed E-state index contributed by atoms with van der Waals surface area (Å²) < 4.78 is 1.65. The molecule has 0 saturated heterocycles. The predicted octanol–water partition coefficient (Wildman–Crippen LogP) is 3.52. The Labute approximate surface area is 127 Å². The van der Waals surface area contributed by atoms with Crippen molar-refractivity contribution in [3.05, 3.63) is 52.1 Å². The number of rotatable bonds is 4. The number of anilines is 1. The monoisotopic (exact) mass is 299 g/mol. The van der Waals surface area contributed by atoms with Crippen LogP contribution in [0.25, 0.3) is 15.9 Å². The Hall–Kier alpha value is -2.14. The van der Waals surface area contributed by atoms with E-state index in [4.69, 9.17) is 0 Å². The fourth-order valence-corrected chi connectivity index (χ4v) is 2.90. The highest BCUT2D eigenvalue weighted by molar-refractivity contribution is 7.16. The standard InChI is InChI=1S/C16H17N3OS/c1-11(2)10-17-16-18-14-13(8-9-21-14)15(20)19(16)12-6-4-3-5-7-12/h3-9,11H,10H2,1-2H3,(H,17,18). The summed E-state index contributed by atoms with van der Waals surface area (Å²) in [4.78, 5) is 18.1. The van der Waals surface area contributed by atoms with Gasteiger partial charge in [0.25, 0.3) is 5.56 Å². The van der Waals surface area contributed by atoms with Gasteiger partial charge in [0.05, 0.1) is 11.1 Å². The number of hydrogen-bond acceptors (Lipinski definition) is 4. The van der Waals surface area contributed by atoms with Gasteiger partial charge < -0.3 is 5.32 Å². The largest absolute Gasteiger partial charge is 0.355 e. The first-order chi connectivity index (χ1) is 10.2. The molecule has 0 atom stereocenters. The van der Waals surface area contributed by atoms with Gasteiger partial charge in [0, 0.05) is 6.54 Å². The van der Waals surface area contributed by atoms with E-state index in [9.17, 15) is 4.79 Å². The number of fused-ring (bicyclic) bond motifs is 1. The van der Waals surface area contributed by atoms with Crippen LogP contribution >= 0.6 is 11.3 Å². The Morgan fingerprint density at radius 1 is 1.24 bits per heavy atom. The summed E-state index contributed by atoms with van der Waals surface area (Å²) in [5, 5.41) is 5.86. The second kappa shape index (κ2) is 5.69. The predicted molar refractivity (Wildman–Crippen MR) is 88.5 cm³/mol. The van der Waals surface area contributed by atoms with Crippen LogP contribution in [0.4, 0.5) is 5.95 Å². The Morgan fingerprint density at radius 2 is 2.00 bits per heavy atom. The fraction of sp³-hybridized carbons (Fsp3) is 0.250. The molecule has 5 heteroatoms. The van der Waals surface area contributed by atoms with Gasteiger partial charge in [0.15, 0.2) is 0 Å². The maximum atomic E-state index is 12.7. The number of thiophene rings is 1. The van der Waals surface area contributed by atoms with E-state index in [1.54, 1.807) is 4.57 Å². The Morgan fingerprint density at radius 3 is 2.71 bits per heavy atom. The molecule has 0 spiro atoms. The van der Waals surface area contributed by atoms with Crippen molar-refractivity contribution in [2.24, 2.45) is 5.92 Å². The third-order valence-electron chi connectivity index (χ3n) is 3.18. The van der Waals surface area contributed by atoms with Gasteiger partial charge in [-0.25, -0.2) is 9.55 Å². The summed E-state index contributed by atoms with van der Waals surface area (Å²) in [6.07, 6.45) is 0. The molecule has 1 aromatic carbocycles. The van der Waals surface area contributed by atoms with E-state index in [0.717, 1.165) is 17.1 Å². The zero-order valence-electron chi connectivity index (χ0n) is 12.0. The van der Waals surface area contributed by atoms with Gasteiger partial charge in [-0.2, -0.15) is 0 Å². The highest BCUT2D eigenvalue weighted by Crippen LogP contribution is 2.20. The molecule has 0 fully saturated rings. The van der Waals surface area contributed by atoms with Crippen LogP contribution in [0.3, 0.4) is 0 Å². The quantitative estimate of drug-likeness (QED) is 0.802. The molecular weight excluding hydrogens is 282 g/mol. The van der Waals surface area contributed by atoms with Gasteiger partial charge in [0.1, 0.15) is 4.83 Å². The molecule has 4 nitrogen and oxygen atoms in total. The van der Waals surface area contributed by atoms with Crippen molar-refractivity contribution >= 4 is 27.5 Å². The molecule has 0 radical (unpaired) electrons. The van der Waals surface area contributed by atoms with E-state index < -0.39 is 0 Å². The van der Waals surface area contributed by atoms with Crippen molar-refractivity contribution in [3.8, 4) is 5.69 Å². The van der Waals surface area contributed by atoms with Crippen LogP contribution in [0.1, 0.15) is 13.8 Å². The first kappa shape index (κ1) is 13.8. The van der Waals surface area contributed by atoms with E-state index >= 15 is 0 Å². The van der Waals surface area contributed by atoms with E-state index in [0.29, 0.717) is 17.3 Å². The maximum absolute atomic E-state index is 12.7. The molecule has 0 unspecified atom stereocenters. The highest BCUT2D eigenvalue weighted by Gasteiger charge is 2.13. The maximum Gasteiger partial charge on any atom is 0.268 e. The zero-order chi connectivity index (χ0) is 14.8. The lowest BCUT2D eigenvalue weighted by Gasteiger charge is -2.15. The molecule has 0 saturated carbocycles. The van der Waals surface area contributed by atoms with E-state index in [2.05, 4.69) is 24.1 Å². The zero-order valence-corrected chi connectivity index (χ0v) is 12.9. The Balaban J connectivity index is 2.21. The molecule has 1 N–H and O–H groups in total. The van der Waals surface area contributed by atoms with Gasteiger partial charge in [-0.3, -0.25) is 4.79 Å². The van der Waals surface area contributed by atoms with Gasteiger partial charge in [-0.15, -0.1) is 11.3 Å². The van der Waals surface area contributed by atoms with Crippen LogP contribution in [0.2, 0.25) is 0 Å². The molecule has 108 valence electrons. The van der Waals surface area contributed by atoms with Crippen molar-refractivity contribution in [3.63, 3.8) is 0 Å². The van der Waals surface area contributed by atoms with Crippen LogP contribution in [-0.4, -0.2) is 16.1 Å². The molecular formula is C16H17N3OS. The average molecular weight is 299 g/mol. The fourth-order valence-electron chi connectivity index (χ4n) is 2.14. The number of para-hydroxylation sites is 1. The average Bonchev–Trinajstić information content (AvgIpc) is 2.95. The van der Waals surface area contributed by atoms with Crippen molar-refractivity contribution < 1.29 is 0 Å². The lowest BCUT2D eigenvalue weighted by Crippen LogP contribution is -2.24. The Bertz CT molecular complexity index is 805. The summed E-state index contributed by atoms with van der Waals surface area (Å²) in [7, 11) is 0. The number of nitrogens with zero attached hydrogens (tertiary/aromatic N) is 2. The van der Waals surface area contributed by atoms with E-state index in [1.165, 1.54) is 11.3 Å². The molecule has 0 amide bonds. The van der Waals surface area contributed by atoms with Crippen LogP contribution in [0, 0.1) is 5.92 Å². The van der Waals surface area contributed by atoms with Crippen LogP contribution in [0.5, 0.6) is 0 Å². The third kappa shape index (κ3) is 2.69. The molecule has 0 aliphatic heterocycles. The van der Waals surface area contributed by atoms with Gasteiger partial charge >= 0.3 is 0 Å². The van der Waals surface area contributed by atoms with Crippen LogP contribution in [-0.2, 0) is 0 Å². The van der Waals surface area contributed by atoms with Gasteiger partial charge in [-0.1, -0.05) is 32.0 Å². The lowest BCUT2D eigenvalue weighted by atomic mass is 10.2. The number of aromatic nitrogens is 2. The first-order valence-corrected chi connectivity index (χ1v) is 7.84. The minimum Gasteiger partial charge on any atom is -0.355 e. The normalized spacial score (nSPS) is 11.2. The SMILES string of the molecule is CC(C)CNc1nc2sccc2c(=O)n1-c1ccccc1. The second-order valence-corrected chi connectivity index (χ2v) is 6.22. The molecule has 0 aliphatic carbocycles. The summed E-state index contributed by atoms with van der Waals surface area (Å²) >= 11 is 1.49. The topological polar surface area (TPSA) is 46.9 Å². The van der Waals surface area contributed by atoms with Crippen molar-refractivity contribution in [2.75, 3.05) is 11.9 Å². The minimum absolute atomic E-state index is 0.0290. The summed E-state index contributed by atoms with van der Waals surface area (Å²) in [5.41, 5.74) is 0.799. The van der Waals surface area contributed by atoms with E-state index in [1.807, 2.05) is 41.8 Å². The summed E-state index contributed by atoms with van der Waals surface area (Å²) in [6.45, 7) is 5.03. The lowest BCUT2D eigenvalue weighted by molar-refractivity contribution is 0.681. The van der Waals surface area contributed by atoms with E-state index in [-0.39, 0.29) is 5.56 Å². The van der Waals surface area contributed by atoms with Crippen molar-refractivity contribution in [1.29, 1.82) is 0 Å². The Kier molecular flexibility index (Phi) is 3.75. The smallest absolute Gasteiger partial charge is 0.268 e. The summed E-state index contributed by atoms with van der Waals surface area (Å²) in [6, 6.07) is 11.5. The van der Waals surface area contributed by atoms with Crippen LogP contribution in [0.15, 0.2) is 46.6 Å². The first-order valence-electron chi connectivity index (χ1n) is 6.96. The third-order valence-corrected chi connectivity index (χ3v) is 3.99. The minimum atomic E-state index is -0.0290. The van der Waals surface area contributed by atoms with Crippen LogP contribution < -0.4 is 10.9 Å². The van der Waals surface area contributed by atoms with Gasteiger partial charge in [-0.05, 0) is 29.5 Å². The molecule has 3 aromatic rings. The molecule has 21 heavy (non-hydrogen) atoms. The number of nitrogens with one attached hydrogen (secondary N) is 1. The highest BCUT2D eigenvalue weighted by atomic mass is 32.1. The second-order valence-electron chi connectivity index (χ2n) is 5.33. The number of benzene rings is 1.